The highest BCUT2D eigenvalue weighted by Crippen LogP contribution is 2.53. The van der Waals surface area contributed by atoms with E-state index in [0.717, 1.165) is 12.8 Å². The smallest absolute Gasteiger partial charge is 0.140 e. The van der Waals surface area contributed by atoms with Crippen molar-refractivity contribution in [3.8, 4) is 0 Å². The zero-order valence-electron chi connectivity index (χ0n) is 11.1. The molecule has 90 valence electrons. The number of rotatable bonds is 1. The summed E-state index contributed by atoms with van der Waals surface area (Å²) in [6, 6.07) is 0. The summed E-state index contributed by atoms with van der Waals surface area (Å²) >= 11 is 0. The second kappa shape index (κ2) is 3.83. The average molecular weight is 236 g/mol. The summed E-state index contributed by atoms with van der Waals surface area (Å²) in [5.74, 6) is 0.809. The maximum Gasteiger partial charge on any atom is 0.140 e. The molecule has 2 atom stereocenters. The topological polar surface area (TPSA) is 17.1 Å². The highest BCUT2D eigenvalue weighted by molar-refractivity contribution is 6.81. The third-order valence-corrected chi connectivity index (χ3v) is 5.40. The van der Waals surface area contributed by atoms with E-state index in [4.69, 9.17) is 0 Å². The van der Waals surface area contributed by atoms with Crippen molar-refractivity contribution >= 4 is 13.9 Å². The molecular formula is C14H24OSi. The number of carbonyl (C=O) groups is 1. The third kappa shape index (κ3) is 2.17. The number of Topliss-reactive ketones (excluding diaryl/α,β-unsaturated/α-hetero) is 1. The van der Waals surface area contributed by atoms with E-state index in [0.29, 0.717) is 11.2 Å². The van der Waals surface area contributed by atoms with Crippen LogP contribution in [0.5, 0.6) is 0 Å². The van der Waals surface area contributed by atoms with Gasteiger partial charge in [-0.05, 0) is 31.1 Å². The van der Waals surface area contributed by atoms with E-state index < -0.39 is 8.07 Å². The molecule has 16 heavy (non-hydrogen) atoms. The Morgan fingerprint density at radius 3 is 2.56 bits per heavy atom. The van der Waals surface area contributed by atoms with E-state index in [1.807, 2.05) is 0 Å². The molecule has 2 saturated carbocycles. The molecule has 0 radical (unpaired) electrons. The number of fused-ring (bicyclic) bond motifs is 1. The van der Waals surface area contributed by atoms with Crippen LogP contribution in [0.2, 0.25) is 19.6 Å². The molecule has 0 heterocycles. The van der Waals surface area contributed by atoms with Crippen LogP contribution in [-0.2, 0) is 4.79 Å². The van der Waals surface area contributed by atoms with Gasteiger partial charge in [0.05, 0.1) is 8.07 Å². The maximum atomic E-state index is 12.2. The van der Waals surface area contributed by atoms with E-state index in [1.165, 1.54) is 24.8 Å². The van der Waals surface area contributed by atoms with Crippen LogP contribution in [-0.4, -0.2) is 13.9 Å². The normalized spacial score (nSPS) is 37.9. The molecule has 0 aromatic heterocycles. The molecule has 0 aliphatic heterocycles. The standard InChI is InChI=1S/C14H24OSi/c1-14-8-5-6-12(15)13(14)11(7-9-14)10-16(2,3)4/h10,13H,5-9H2,1-4H3/b11-10+. The lowest BCUT2D eigenvalue weighted by atomic mass is 9.68. The van der Waals surface area contributed by atoms with Crippen molar-refractivity contribution in [3.05, 3.63) is 11.3 Å². The Labute approximate surface area is 100 Å². The lowest BCUT2D eigenvalue weighted by molar-refractivity contribution is -0.127. The minimum Gasteiger partial charge on any atom is -0.299 e. The predicted molar refractivity (Wildman–Crippen MR) is 71.1 cm³/mol. The minimum atomic E-state index is -1.18. The zero-order valence-corrected chi connectivity index (χ0v) is 12.1. The van der Waals surface area contributed by atoms with E-state index in [1.54, 1.807) is 0 Å². The Morgan fingerprint density at radius 2 is 1.94 bits per heavy atom. The molecule has 0 aromatic carbocycles. The van der Waals surface area contributed by atoms with Gasteiger partial charge in [0.1, 0.15) is 5.78 Å². The SMILES string of the molecule is CC12CCCC(=O)C1/C(=C/[Si](C)(C)C)CC2. The van der Waals surface area contributed by atoms with Crippen molar-refractivity contribution in [1.82, 2.24) is 0 Å². The van der Waals surface area contributed by atoms with Crippen LogP contribution in [0.3, 0.4) is 0 Å². The molecule has 2 rings (SSSR count). The van der Waals surface area contributed by atoms with Gasteiger partial charge in [-0.3, -0.25) is 4.79 Å². The van der Waals surface area contributed by atoms with Crippen LogP contribution in [0.15, 0.2) is 11.3 Å². The highest BCUT2D eigenvalue weighted by atomic mass is 28.3. The predicted octanol–water partition coefficient (Wildman–Crippen LogP) is 3.96. The second-order valence-electron chi connectivity index (χ2n) is 6.99. The average Bonchev–Trinajstić information content (AvgIpc) is 2.41. The number of ketones is 1. The quantitative estimate of drug-likeness (QED) is 0.630. The van der Waals surface area contributed by atoms with Crippen LogP contribution in [0.25, 0.3) is 0 Å². The fourth-order valence-electron chi connectivity index (χ4n) is 3.55. The van der Waals surface area contributed by atoms with Crippen LogP contribution in [0.4, 0.5) is 0 Å². The first kappa shape index (κ1) is 12.1. The van der Waals surface area contributed by atoms with Gasteiger partial charge in [0, 0.05) is 12.3 Å². The van der Waals surface area contributed by atoms with Gasteiger partial charge in [-0.25, -0.2) is 0 Å². The molecule has 0 saturated heterocycles. The van der Waals surface area contributed by atoms with Crippen molar-refractivity contribution in [1.29, 1.82) is 0 Å². The largest absolute Gasteiger partial charge is 0.299 e. The van der Waals surface area contributed by atoms with E-state index in [-0.39, 0.29) is 5.92 Å². The summed E-state index contributed by atoms with van der Waals surface area (Å²) < 4.78 is 0. The monoisotopic (exact) mass is 236 g/mol. The molecule has 1 nitrogen and oxygen atoms in total. The molecule has 0 bridgehead atoms. The van der Waals surface area contributed by atoms with Gasteiger partial charge in [-0.2, -0.15) is 0 Å². The first-order chi connectivity index (χ1) is 7.32. The van der Waals surface area contributed by atoms with Gasteiger partial charge in [-0.15, -0.1) is 0 Å². The molecule has 0 aromatic rings. The molecule has 2 aliphatic rings. The van der Waals surface area contributed by atoms with Crippen molar-refractivity contribution in [2.75, 3.05) is 0 Å². The molecule has 0 amide bonds. The number of carbonyl (C=O) groups excluding carboxylic acids is 1. The number of hydrogen-bond donors (Lipinski definition) is 0. The molecule has 0 spiro atoms. The van der Waals surface area contributed by atoms with E-state index >= 15 is 0 Å². The maximum absolute atomic E-state index is 12.2. The summed E-state index contributed by atoms with van der Waals surface area (Å²) in [6.45, 7) is 9.43. The Balaban J connectivity index is 2.32. The van der Waals surface area contributed by atoms with Crippen LogP contribution in [0, 0.1) is 11.3 Å². The zero-order chi connectivity index (χ0) is 12.0. The summed E-state index contributed by atoms with van der Waals surface area (Å²) in [5.41, 5.74) is 4.29. The van der Waals surface area contributed by atoms with Gasteiger partial charge < -0.3 is 0 Å². The molecule has 2 heteroatoms. The number of allylic oxidation sites excluding steroid dienone is 1. The van der Waals surface area contributed by atoms with Gasteiger partial charge in [-0.1, -0.05) is 37.8 Å². The lowest BCUT2D eigenvalue weighted by Crippen LogP contribution is -2.34. The third-order valence-electron chi connectivity index (χ3n) is 4.16. The van der Waals surface area contributed by atoms with Crippen LogP contribution in [0.1, 0.15) is 39.0 Å². The van der Waals surface area contributed by atoms with Gasteiger partial charge in [0.2, 0.25) is 0 Å². The summed E-state index contributed by atoms with van der Waals surface area (Å²) in [6.07, 6.45) is 5.61. The Hall–Kier alpha value is -0.373. The fraction of sp³-hybridized carbons (Fsp3) is 0.786. The second-order valence-corrected chi connectivity index (χ2v) is 12.0. The van der Waals surface area contributed by atoms with Crippen molar-refractivity contribution in [2.24, 2.45) is 11.3 Å². The molecular weight excluding hydrogens is 212 g/mol. The number of hydrogen-bond acceptors (Lipinski definition) is 1. The molecule has 0 N–H and O–H groups in total. The first-order valence-corrected chi connectivity index (χ1v) is 10.1. The van der Waals surface area contributed by atoms with Crippen molar-refractivity contribution < 1.29 is 4.79 Å². The first-order valence-electron chi connectivity index (χ1n) is 6.56. The van der Waals surface area contributed by atoms with Gasteiger partial charge in [0.15, 0.2) is 0 Å². The van der Waals surface area contributed by atoms with Gasteiger partial charge in [0.25, 0.3) is 0 Å². The van der Waals surface area contributed by atoms with Crippen LogP contribution >= 0.6 is 0 Å². The summed E-state index contributed by atoms with van der Waals surface area (Å²) in [7, 11) is -1.18. The van der Waals surface area contributed by atoms with E-state index in [9.17, 15) is 4.79 Å². The summed E-state index contributed by atoms with van der Waals surface area (Å²) in [5, 5.41) is 0. The van der Waals surface area contributed by atoms with Crippen LogP contribution < -0.4 is 0 Å². The van der Waals surface area contributed by atoms with Crippen molar-refractivity contribution in [2.45, 2.75) is 58.7 Å². The van der Waals surface area contributed by atoms with Gasteiger partial charge >= 0.3 is 0 Å². The Bertz CT molecular complexity index is 337. The highest BCUT2D eigenvalue weighted by Gasteiger charge is 2.47. The fourth-order valence-corrected chi connectivity index (χ4v) is 4.98. The molecule has 2 unspecified atom stereocenters. The van der Waals surface area contributed by atoms with E-state index in [2.05, 4.69) is 32.3 Å². The Morgan fingerprint density at radius 1 is 1.25 bits per heavy atom. The summed E-state index contributed by atoms with van der Waals surface area (Å²) in [4.78, 5) is 12.2. The lowest BCUT2D eigenvalue weighted by Gasteiger charge is -2.35. The molecule has 2 aliphatic carbocycles. The molecule has 2 fully saturated rings. The minimum absolute atomic E-state index is 0.285. The van der Waals surface area contributed by atoms with Crippen molar-refractivity contribution in [3.63, 3.8) is 0 Å². The Kier molecular flexibility index (Phi) is 2.90.